The van der Waals surface area contributed by atoms with Crippen LogP contribution in [0.2, 0.25) is 0 Å². The summed E-state index contributed by atoms with van der Waals surface area (Å²) in [5.41, 5.74) is 1.36. The molecule has 1 amide bonds. The fourth-order valence-electron chi connectivity index (χ4n) is 2.49. The second-order valence-corrected chi connectivity index (χ2v) is 5.25. The Labute approximate surface area is 132 Å². The monoisotopic (exact) mass is 317 g/mol. The third-order valence-electron chi connectivity index (χ3n) is 3.71. The lowest BCUT2D eigenvalue weighted by atomic mass is 10.1. The molecule has 120 valence electrons. The highest BCUT2D eigenvalue weighted by atomic mass is 19.1. The molecule has 1 aromatic heterocycles. The summed E-state index contributed by atoms with van der Waals surface area (Å²) in [6.07, 6.45) is 2.72. The van der Waals surface area contributed by atoms with E-state index in [0.29, 0.717) is 36.7 Å². The van der Waals surface area contributed by atoms with E-state index in [1.165, 1.54) is 24.6 Å². The highest BCUT2D eigenvalue weighted by Gasteiger charge is 2.30. The number of hydrogen-bond acceptors (Lipinski definition) is 5. The maximum Gasteiger partial charge on any atom is 0.247 e. The predicted octanol–water partition coefficient (Wildman–Crippen LogP) is 2.21. The number of amides is 1. The van der Waals surface area contributed by atoms with E-state index in [-0.39, 0.29) is 17.8 Å². The molecule has 3 rings (SSSR count). The van der Waals surface area contributed by atoms with E-state index in [0.717, 1.165) is 0 Å². The minimum absolute atomic E-state index is 0.190. The number of benzene rings is 1. The van der Waals surface area contributed by atoms with Crippen LogP contribution in [-0.4, -0.2) is 40.7 Å². The Morgan fingerprint density at radius 3 is 3.09 bits per heavy atom. The lowest BCUT2D eigenvalue weighted by Crippen LogP contribution is -2.43. The molecule has 0 aliphatic carbocycles. The molecule has 0 radical (unpaired) electrons. The summed E-state index contributed by atoms with van der Waals surface area (Å²) in [6.45, 7) is 2.98. The third kappa shape index (κ3) is 3.45. The largest absolute Gasteiger partial charge is 0.377 e. The van der Waals surface area contributed by atoms with Gasteiger partial charge in [0.25, 0.3) is 0 Å². The van der Waals surface area contributed by atoms with Crippen LogP contribution in [0.25, 0.3) is 5.57 Å². The first-order valence-electron chi connectivity index (χ1n) is 7.24. The van der Waals surface area contributed by atoms with E-state index >= 15 is 0 Å². The van der Waals surface area contributed by atoms with Crippen LogP contribution in [0.4, 0.5) is 4.39 Å². The van der Waals surface area contributed by atoms with E-state index < -0.39 is 0 Å². The molecular weight excluding hydrogens is 301 g/mol. The molecule has 0 bridgehead atoms. The smallest absolute Gasteiger partial charge is 0.247 e. The Hall–Kier alpha value is -2.54. The lowest BCUT2D eigenvalue weighted by molar-refractivity contribution is -0.135. The third-order valence-corrected chi connectivity index (χ3v) is 3.71. The highest BCUT2D eigenvalue weighted by Crippen LogP contribution is 2.23. The van der Waals surface area contributed by atoms with Crippen molar-refractivity contribution in [2.24, 2.45) is 0 Å². The molecule has 1 fully saturated rings. The molecule has 23 heavy (non-hydrogen) atoms. The highest BCUT2D eigenvalue weighted by molar-refractivity contribution is 5.95. The van der Waals surface area contributed by atoms with Crippen LogP contribution < -0.4 is 0 Å². The predicted molar refractivity (Wildman–Crippen MR) is 79.6 cm³/mol. The lowest BCUT2D eigenvalue weighted by Gasteiger charge is -2.33. The zero-order valence-electron chi connectivity index (χ0n) is 12.6. The topological polar surface area (TPSA) is 68.5 Å². The molecule has 6 nitrogen and oxygen atoms in total. The number of carbonyl (C=O) groups is 1. The average molecular weight is 317 g/mol. The standard InChI is InChI=1S/C16H16FN3O3/c1-11(12-3-2-4-13(17)8-12)7-15(21)20-5-6-22-9-14(20)16-18-10-23-19-16/h2-4,7-8,10,14H,5-6,9H2,1H3/b11-7+. The van der Waals surface area contributed by atoms with Crippen LogP contribution in [-0.2, 0) is 9.53 Å². The number of halogens is 1. The zero-order valence-corrected chi connectivity index (χ0v) is 12.6. The number of carbonyl (C=O) groups excluding carboxylic acids is 1. The van der Waals surface area contributed by atoms with Gasteiger partial charge in [0.05, 0.1) is 13.2 Å². The first kappa shape index (κ1) is 15.4. The van der Waals surface area contributed by atoms with Gasteiger partial charge in [-0.05, 0) is 30.2 Å². The van der Waals surface area contributed by atoms with Crippen LogP contribution in [0.1, 0.15) is 24.4 Å². The Morgan fingerprint density at radius 2 is 2.35 bits per heavy atom. The van der Waals surface area contributed by atoms with Crippen LogP contribution in [0.5, 0.6) is 0 Å². The zero-order chi connectivity index (χ0) is 16.2. The summed E-state index contributed by atoms with van der Waals surface area (Å²) in [6, 6.07) is 5.76. The van der Waals surface area contributed by atoms with Gasteiger partial charge in [-0.25, -0.2) is 4.39 Å². The molecule has 1 aliphatic heterocycles. The van der Waals surface area contributed by atoms with Gasteiger partial charge in [0.2, 0.25) is 12.3 Å². The van der Waals surface area contributed by atoms with E-state index in [1.807, 2.05) is 0 Å². The van der Waals surface area contributed by atoms with Gasteiger partial charge >= 0.3 is 0 Å². The van der Waals surface area contributed by atoms with Gasteiger partial charge in [0, 0.05) is 12.6 Å². The van der Waals surface area contributed by atoms with Gasteiger partial charge in [-0.1, -0.05) is 17.3 Å². The molecule has 2 aromatic rings. The Morgan fingerprint density at radius 1 is 1.48 bits per heavy atom. The second kappa shape index (κ2) is 6.70. The van der Waals surface area contributed by atoms with Crippen molar-refractivity contribution >= 4 is 11.5 Å². The van der Waals surface area contributed by atoms with E-state index in [1.54, 1.807) is 24.0 Å². The molecule has 0 spiro atoms. The number of aromatic nitrogens is 2. The summed E-state index contributed by atoms with van der Waals surface area (Å²) in [5.74, 6) is -0.113. The summed E-state index contributed by atoms with van der Waals surface area (Å²) in [7, 11) is 0. The van der Waals surface area contributed by atoms with Gasteiger partial charge in [0.15, 0.2) is 5.82 Å². The summed E-state index contributed by atoms with van der Waals surface area (Å²) >= 11 is 0. The fourth-order valence-corrected chi connectivity index (χ4v) is 2.49. The molecule has 1 aromatic carbocycles. The number of allylic oxidation sites excluding steroid dienone is 1. The van der Waals surface area contributed by atoms with Crippen molar-refractivity contribution in [2.45, 2.75) is 13.0 Å². The van der Waals surface area contributed by atoms with Gasteiger partial charge in [-0.2, -0.15) is 4.98 Å². The average Bonchev–Trinajstić information content (AvgIpc) is 3.09. The SMILES string of the molecule is C/C(=C\C(=O)N1CCOCC1c1ncon1)c1cccc(F)c1. The van der Waals surface area contributed by atoms with Crippen molar-refractivity contribution in [1.82, 2.24) is 15.0 Å². The molecule has 7 heteroatoms. The van der Waals surface area contributed by atoms with Crippen molar-refractivity contribution in [3.05, 3.63) is 53.9 Å². The van der Waals surface area contributed by atoms with Gasteiger partial charge in [0.1, 0.15) is 11.9 Å². The number of nitrogens with zero attached hydrogens (tertiary/aromatic N) is 3. The van der Waals surface area contributed by atoms with Crippen LogP contribution >= 0.6 is 0 Å². The van der Waals surface area contributed by atoms with Crippen LogP contribution in [0, 0.1) is 5.82 Å². The summed E-state index contributed by atoms with van der Waals surface area (Å²) < 4.78 is 23.5. The minimum Gasteiger partial charge on any atom is -0.377 e. The number of ether oxygens (including phenoxy) is 1. The maximum absolute atomic E-state index is 13.3. The minimum atomic E-state index is -0.383. The Kier molecular flexibility index (Phi) is 4.47. The van der Waals surface area contributed by atoms with Crippen molar-refractivity contribution in [3.8, 4) is 0 Å². The van der Waals surface area contributed by atoms with Crippen molar-refractivity contribution in [1.29, 1.82) is 0 Å². The molecule has 0 N–H and O–H groups in total. The van der Waals surface area contributed by atoms with Crippen molar-refractivity contribution < 1.29 is 18.4 Å². The quantitative estimate of drug-likeness (QED) is 0.812. The molecule has 2 heterocycles. The van der Waals surface area contributed by atoms with Crippen molar-refractivity contribution in [2.75, 3.05) is 19.8 Å². The first-order chi connectivity index (χ1) is 11.1. The summed E-state index contributed by atoms with van der Waals surface area (Å²) in [4.78, 5) is 18.2. The van der Waals surface area contributed by atoms with Crippen LogP contribution in [0.15, 0.2) is 41.3 Å². The van der Waals surface area contributed by atoms with Crippen LogP contribution in [0.3, 0.4) is 0 Å². The second-order valence-electron chi connectivity index (χ2n) is 5.25. The maximum atomic E-state index is 13.3. The van der Waals surface area contributed by atoms with E-state index in [4.69, 9.17) is 9.26 Å². The number of morpholine rings is 1. The van der Waals surface area contributed by atoms with E-state index in [2.05, 4.69) is 10.1 Å². The normalized spacial score (nSPS) is 19.0. The first-order valence-corrected chi connectivity index (χ1v) is 7.24. The number of rotatable bonds is 3. The molecule has 0 saturated carbocycles. The van der Waals surface area contributed by atoms with Gasteiger partial charge < -0.3 is 14.2 Å². The fraction of sp³-hybridized carbons (Fsp3) is 0.312. The molecular formula is C16H16FN3O3. The Balaban J connectivity index is 1.81. The number of hydrogen-bond donors (Lipinski definition) is 0. The van der Waals surface area contributed by atoms with E-state index in [9.17, 15) is 9.18 Å². The van der Waals surface area contributed by atoms with Gasteiger partial charge in [-0.15, -0.1) is 0 Å². The molecule has 1 aliphatic rings. The summed E-state index contributed by atoms with van der Waals surface area (Å²) in [5, 5.41) is 3.79. The molecule has 1 unspecified atom stereocenters. The van der Waals surface area contributed by atoms with Crippen molar-refractivity contribution in [3.63, 3.8) is 0 Å². The molecule has 1 atom stereocenters. The Bertz CT molecular complexity index is 715. The molecule has 1 saturated heterocycles. The van der Waals surface area contributed by atoms with Gasteiger partial charge in [-0.3, -0.25) is 4.79 Å².